The second-order valence-electron chi connectivity index (χ2n) is 24.2. The molecule has 386 valence electrons. The minimum atomic E-state index is -2.88. The lowest BCUT2D eigenvalue weighted by molar-refractivity contribution is 0.485. The smallest absolute Gasteiger partial charge is 0.179 e. The van der Waals surface area contributed by atoms with Crippen LogP contribution in [0.25, 0.3) is 38.8 Å². The number of aromatic nitrogens is 2. The van der Waals surface area contributed by atoms with Gasteiger partial charge in [-0.2, -0.15) is 0 Å². The number of hydrogen-bond acceptors (Lipinski definition) is 4. The number of benzene rings is 9. The fourth-order valence-corrected chi connectivity index (χ4v) is 16.5. The molecule has 0 radical (unpaired) electrons. The topological polar surface area (TPSA) is 33.5 Å². The van der Waals surface area contributed by atoms with Crippen LogP contribution in [0, 0.1) is 0 Å². The van der Waals surface area contributed by atoms with Crippen LogP contribution in [-0.2, 0) is 16.2 Å². The number of nitrogens with zero attached hydrogens (tertiary/aromatic N) is 4. The van der Waals surface area contributed by atoms with Gasteiger partial charge in [0.15, 0.2) is 8.07 Å². The molecule has 0 bridgehead atoms. The van der Waals surface area contributed by atoms with Crippen molar-refractivity contribution in [1.82, 2.24) is 9.55 Å². The molecule has 0 aliphatic carbocycles. The zero-order valence-electron chi connectivity index (χ0n) is 46.4. The molecule has 2 aromatic heterocycles. The van der Waals surface area contributed by atoms with E-state index in [0.717, 1.165) is 61.6 Å². The average Bonchev–Trinajstić information content (AvgIpc) is 4.11. The van der Waals surface area contributed by atoms with Crippen molar-refractivity contribution in [2.45, 2.75) is 78.6 Å². The summed E-state index contributed by atoms with van der Waals surface area (Å²) in [5, 5.41) is 7.57. The Morgan fingerprint density at radius 2 is 0.949 bits per heavy atom. The number of fused-ring (bicyclic) bond motifs is 4. The third-order valence-electron chi connectivity index (χ3n) is 15.9. The molecule has 0 N–H and O–H groups in total. The first-order chi connectivity index (χ1) is 37.6. The average molecular weight is 1030 g/mol. The van der Waals surface area contributed by atoms with Gasteiger partial charge in [-0.3, -0.25) is 4.57 Å². The second kappa shape index (κ2) is 19.5. The van der Waals surface area contributed by atoms with Gasteiger partial charge < -0.3 is 14.5 Å². The van der Waals surface area contributed by atoms with Crippen molar-refractivity contribution in [3.63, 3.8) is 0 Å². The summed E-state index contributed by atoms with van der Waals surface area (Å²) in [7, 11) is -2.88. The van der Waals surface area contributed by atoms with E-state index in [9.17, 15) is 0 Å². The lowest BCUT2D eigenvalue weighted by Gasteiger charge is -2.34. The van der Waals surface area contributed by atoms with Crippen LogP contribution in [-0.4, -0.2) is 24.3 Å². The van der Waals surface area contributed by atoms with Crippen LogP contribution in [0.5, 0.6) is 11.5 Å². The second-order valence-corrected chi connectivity index (χ2v) is 28.0. The zero-order chi connectivity index (χ0) is 54.0. The maximum absolute atomic E-state index is 7.46. The summed E-state index contributed by atoms with van der Waals surface area (Å²) in [5.74, 6) is 2.39. The van der Waals surface area contributed by atoms with E-state index in [1.54, 1.807) is 0 Å². The molecular weight excluding hydrogens is 965 g/mol. The number of pyridine rings is 1. The van der Waals surface area contributed by atoms with Gasteiger partial charge in [0.05, 0.1) is 22.4 Å². The number of rotatable bonds is 10. The highest BCUT2D eigenvalue weighted by Gasteiger charge is 2.41. The molecule has 6 heteroatoms. The first kappa shape index (κ1) is 50.4. The van der Waals surface area contributed by atoms with E-state index in [0.29, 0.717) is 6.67 Å². The van der Waals surface area contributed by atoms with Crippen molar-refractivity contribution in [1.29, 1.82) is 0 Å². The number of para-hydroxylation sites is 3. The van der Waals surface area contributed by atoms with Gasteiger partial charge in [0, 0.05) is 46.0 Å². The van der Waals surface area contributed by atoms with Crippen LogP contribution in [0.2, 0.25) is 0 Å². The SMILES string of the molecule is CC(C)(C)c1cc(N2CN(c3cccc(Oc4cc5c(cc4-c4cccc([Si](c6ccccc6)(c6ccccc6)c6ccccc6)c4)c4ccccc4n5-c4cc(C(C)(C)C)ccn4)c3)c3ccccc32)cc(C(C)(C)C)c1. The summed E-state index contributed by atoms with van der Waals surface area (Å²) in [6, 6.07) is 85.1. The molecule has 5 nitrogen and oxygen atoms in total. The van der Waals surface area contributed by atoms with Gasteiger partial charge in [0.2, 0.25) is 0 Å². The molecule has 0 unspecified atom stereocenters. The molecule has 11 aromatic rings. The predicted octanol–water partition coefficient (Wildman–Crippen LogP) is 16.2. The van der Waals surface area contributed by atoms with Gasteiger partial charge >= 0.3 is 0 Å². The summed E-state index contributed by atoms with van der Waals surface area (Å²) in [6.45, 7) is 21.3. The van der Waals surface area contributed by atoms with Crippen LogP contribution >= 0.6 is 0 Å². The van der Waals surface area contributed by atoms with E-state index >= 15 is 0 Å². The Balaban J connectivity index is 1.04. The Hall–Kier alpha value is -8.45. The van der Waals surface area contributed by atoms with E-state index in [2.05, 4.69) is 307 Å². The summed E-state index contributed by atoms with van der Waals surface area (Å²) >= 11 is 0. The van der Waals surface area contributed by atoms with Crippen molar-refractivity contribution in [3.05, 3.63) is 253 Å². The summed E-state index contributed by atoms with van der Waals surface area (Å²) in [4.78, 5) is 9.96. The van der Waals surface area contributed by atoms with Crippen molar-refractivity contribution < 1.29 is 4.74 Å². The van der Waals surface area contributed by atoms with Crippen molar-refractivity contribution >= 4 is 73.4 Å². The molecule has 12 rings (SSSR count). The standard InChI is InChI=1S/C72H68N4OSi/c1-70(2,3)51-39-40-73-69(45-51)76-64-36-20-19-35-61(64)63-47-62(50-25-23-34-60(41-50)78(57-28-13-10-14-29-57,58-30-15-11-16-31-58)59-32-17-12-18-33-59)68(48-67(63)76)77-56-27-24-26-54(46-56)74-49-75(66-38-22-21-37-65(66)74)55-43-52(71(4,5)6)42-53(44-55)72(7,8)9/h10-48H,49H2,1-9H3. The van der Waals surface area contributed by atoms with Gasteiger partial charge in [-0.05, 0) is 120 Å². The van der Waals surface area contributed by atoms with E-state index in [1.165, 1.54) is 48.8 Å². The number of ether oxygens (including phenoxy) is 1. The van der Waals surface area contributed by atoms with Crippen molar-refractivity contribution in [2.75, 3.05) is 16.5 Å². The molecule has 9 aromatic carbocycles. The fraction of sp³-hybridized carbons (Fsp3) is 0.181. The molecule has 78 heavy (non-hydrogen) atoms. The number of anilines is 4. The molecule has 3 heterocycles. The van der Waals surface area contributed by atoms with Crippen molar-refractivity contribution in [3.8, 4) is 28.4 Å². The molecule has 0 fully saturated rings. The van der Waals surface area contributed by atoms with Crippen LogP contribution in [0.15, 0.2) is 237 Å². The first-order valence-corrected chi connectivity index (χ1v) is 29.5. The van der Waals surface area contributed by atoms with Gasteiger partial charge in [-0.1, -0.05) is 220 Å². The summed E-state index contributed by atoms with van der Waals surface area (Å²) in [6.07, 6.45) is 1.95. The predicted molar refractivity (Wildman–Crippen MR) is 332 cm³/mol. The minimum Gasteiger partial charge on any atom is -0.457 e. The quantitative estimate of drug-likeness (QED) is 0.101. The highest BCUT2D eigenvalue weighted by atomic mass is 28.3. The molecule has 0 saturated carbocycles. The minimum absolute atomic E-state index is 0.0120. The van der Waals surface area contributed by atoms with Gasteiger partial charge in [0.25, 0.3) is 0 Å². The van der Waals surface area contributed by atoms with E-state index in [4.69, 9.17) is 9.72 Å². The monoisotopic (exact) mass is 1030 g/mol. The van der Waals surface area contributed by atoms with Crippen LogP contribution in [0.4, 0.5) is 22.7 Å². The number of hydrogen-bond donors (Lipinski definition) is 0. The first-order valence-electron chi connectivity index (χ1n) is 27.5. The molecular formula is C72H68N4OSi. The third kappa shape index (κ3) is 9.08. The Bertz CT molecular complexity index is 3860. The lowest BCUT2D eigenvalue weighted by atomic mass is 9.80. The van der Waals surface area contributed by atoms with Crippen molar-refractivity contribution in [2.24, 2.45) is 0 Å². The van der Waals surface area contributed by atoms with Gasteiger partial charge in [-0.15, -0.1) is 0 Å². The Kier molecular flexibility index (Phi) is 12.6. The molecule has 0 saturated heterocycles. The maximum Gasteiger partial charge on any atom is 0.179 e. The van der Waals surface area contributed by atoms with E-state index < -0.39 is 8.07 Å². The molecule has 1 aliphatic rings. The highest BCUT2D eigenvalue weighted by molar-refractivity contribution is 7.19. The molecule has 0 spiro atoms. The Morgan fingerprint density at radius 1 is 0.410 bits per heavy atom. The normalized spacial score (nSPS) is 13.1. The molecule has 0 atom stereocenters. The Morgan fingerprint density at radius 3 is 1.55 bits per heavy atom. The van der Waals surface area contributed by atoms with E-state index in [-0.39, 0.29) is 16.2 Å². The van der Waals surface area contributed by atoms with Crippen LogP contribution in [0.1, 0.15) is 79.0 Å². The van der Waals surface area contributed by atoms with Gasteiger partial charge in [0.1, 0.15) is 24.0 Å². The third-order valence-corrected chi connectivity index (χ3v) is 20.7. The molecule has 1 aliphatic heterocycles. The van der Waals surface area contributed by atoms with Gasteiger partial charge in [-0.25, -0.2) is 4.98 Å². The highest BCUT2D eigenvalue weighted by Crippen LogP contribution is 2.48. The lowest BCUT2D eigenvalue weighted by Crippen LogP contribution is -2.74. The summed E-state index contributed by atoms with van der Waals surface area (Å²) < 4.78 is 9.78. The maximum atomic E-state index is 7.46. The van der Waals surface area contributed by atoms with Crippen LogP contribution < -0.4 is 35.3 Å². The Labute approximate surface area is 462 Å². The largest absolute Gasteiger partial charge is 0.457 e. The zero-order valence-corrected chi connectivity index (χ0v) is 47.4. The fourth-order valence-electron chi connectivity index (χ4n) is 11.7. The molecule has 0 amide bonds. The summed E-state index contributed by atoms with van der Waals surface area (Å²) in [5.41, 5.74) is 12.6. The van der Waals surface area contributed by atoms with E-state index in [1.807, 2.05) is 6.20 Å². The van der Waals surface area contributed by atoms with Crippen LogP contribution in [0.3, 0.4) is 0 Å².